The predicted octanol–water partition coefficient (Wildman–Crippen LogP) is 3.54. The summed E-state index contributed by atoms with van der Waals surface area (Å²) in [4.78, 5) is 22.7. The lowest BCUT2D eigenvalue weighted by Crippen LogP contribution is -2.34. The molecule has 8 nitrogen and oxygen atoms in total. The third-order valence-corrected chi connectivity index (χ3v) is 4.52. The Kier molecular flexibility index (Phi) is 8.62. The molecule has 1 atom stereocenters. The van der Waals surface area contributed by atoms with E-state index < -0.39 is 6.03 Å². The fourth-order valence-electron chi connectivity index (χ4n) is 2.31. The molecule has 28 heavy (non-hydrogen) atoms. The lowest BCUT2D eigenvalue weighted by atomic mass is 10.3. The van der Waals surface area contributed by atoms with Gasteiger partial charge in [-0.1, -0.05) is 22.9 Å². The number of carbonyl (C=O) groups is 1. The molecule has 0 aliphatic heterocycles. The van der Waals surface area contributed by atoms with Crippen molar-refractivity contribution in [3.05, 3.63) is 40.8 Å². The minimum atomic E-state index is -0.435. The molecule has 0 radical (unpaired) electrons. The van der Waals surface area contributed by atoms with Crippen LogP contribution in [0.5, 0.6) is 5.75 Å². The summed E-state index contributed by atoms with van der Waals surface area (Å²) in [5, 5.41) is 5.43. The van der Waals surface area contributed by atoms with Gasteiger partial charge in [-0.25, -0.2) is 9.78 Å². The van der Waals surface area contributed by atoms with E-state index in [4.69, 9.17) is 9.47 Å². The van der Waals surface area contributed by atoms with Gasteiger partial charge in [0, 0.05) is 18.1 Å². The Balaban J connectivity index is 2.02. The van der Waals surface area contributed by atoms with Crippen LogP contribution in [-0.2, 0) is 4.74 Å². The molecule has 1 aromatic heterocycles. The zero-order valence-electron chi connectivity index (χ0n) is 16.5. The fourth-order valence-corrected chi connectivity index (χ4v) is 2.67. The first kappa shape index (κ1) is 22.1. The van der Waals surface area contributed by atoms with Gasteiger partial charge in [0.1, 0.15) is 18.5 Å². The number of nitrogens with one attached hydrogen (secondary N) is 2. The summed E-state index contributed by atoms with van der Waals surface area (Å²) in [6, 6.07) is 4.98. The van der Waals surface area contributed by atoms with Gasteiger partial charge >= 0.3 is 6.03 Å². The van der Waals surface area contributed by atoms with Crippen LogP contribution >= 0.6 is 15.9 Å². The van der Waals surface area contributed by atoms with E-state index >= 15 is 0 Å². The zero-order valence-corrected chi connectivity index (χ0v) is 18.1. The van der Waals surface area contributed by atoms with Crippen LogP contribution in [0.2, 0.25) is 0 Å². The van der Waals surface area contributed by atoms with Gasteiger partial charge in [-0.2, -0.15) is 0 Å². The lowest BCUT2D eigenvalue weighted by Gasteiger charge is -2.22. The molecule has 2 N–H and O–H groups in total. The first-order valence-corrected chi connectivity index (χ1v) is 9.71. The van der Waals surface area contributed by atoms with E-state index in [-0.39, 0.29) is 6.10 Å². The second-order valence-corrected chi connectivity index (χ2v) is 7.20. The summed E-state index contributed by atoms with van der Waals surface area (Å²) in [6.45, 7) is 5.95. The van der Waals surface area contributed by atoms with Gasteiger partial charge in [0.15, 0.2) is 5.82 Å². The Bertz CT molecular complexity index is 773. The van der Waals surface area contributed by atoms with Crippen LogP contribution in [0.3, 0.4) is 0 Å². The third-order valence-electron chi connectivity index (χ3n) is 4.03. The lowest BCUT2D eigenvalue weighted by molar-refractivity contribution is 0.0363. The molecule has 2 aromatic rings. The SMILES string of the molecule is CCN(C)CC(COc1ccc(Br)cc1NC(=O)Nc1cnc(C)cn1)OC. The maximum absolute atomic E-state index is 12.3. The monoisotopic (exact) mass is 451 g/mol. The second-order valence-electron chi connectivity index (χ2n) is 6.29. The Morgan fingerprint density at radius 1 is 1.29 bits per heavy atom. The smallest absolute Gasteiger partial charge is 0.325 e. The third kappa shape index (κ3) is 7.06. The molecule has 0 aliphatic rings. The van der Waals surface area contributed by atoms with Gasteiger partial charge in [-0.15, -0.1) is 0 Å². The number of ether oxygens (including phenoxy) is 2. The number of likely N-dealkylation sites (N-methyl/N-ethyl adjacent to an activating group) is 1. The van der Waals surface area contributed by atoms with Crippen molar-refractivity contribution in [3.8, 4) is 5.75 Å². The molecule has 1 unspecified atom stereocenters. The number of urea groups is 1. The van der Waals surface area contributed by atoms with E-state index in [1.54, 1.807) is 25.4 Å². The number of anilines is 2. The Labute approximate surface area is 173 Å². The van der Waals surface area contributed by atoms with Crippen molar-refractivity contribution in [1.82, 2.24) is 14.9 Å². The van der Waals surface area contributed by atoms with Crippen LogP contribution in [-0.4, -0.2) is 60.9 Å². The summed E-state index contributed by atoms with van der Waals surface area (Å²) in [5.41, 5.74) is 1.31. The number of benzene rings is 1. The first-order chi connectivity index (χ1) is 13.4. The largest absolute Gasteiger partial charge is 0.489 e. The quantitative estimate of drug-likeness (QED) is 0.605. The number of aromatic nitrogens is 2. The predicted molar refractivity (Wildman–Crippen MR) is 113 cm³/mol. The van der Waals surface area contributed by atoms with Gasteiger partial charge in [0.05, 0.1) is 23.8 Å². The molecule has 1 heterocycles. The average Bonchev–Trinajstić information content (AvgIpc) is 2.67. The number of halogens is 1. The standard InChI is InChI=1S/C19H26BrN5O3/c1-5-25(3)11-15(27-4)12-28-17-7-6-14(20)8-16(17)23-19(26)24-18-10-21-13(2)9-22-18/h6-10,15H,5,11-12H2,1-4H3,(H2,22,23,24,26). The highest BCUT2D eigenvalue weighted by Crippen LogP contribution is 2.28. The summed E-state index contributed by atoms with van der Waals surface area (Å²) < 4.78 is 12.2. The Morgan fingerprint density at radius 2 is 2.07 bits per heavy atom. The number of aryl methyl sites for hydroxylation is 1. The molecule has 9 heteroatoms. The van der Waals surface area contributed by atoms with Gasteiger partial charge < -0.3 is 19.7 Å². The van der Waals surface area contributed by atoms with Gasteiger partial charge in [-0.3, -0.25) is 10.3 Å². The molecular weight excluding hydrogens is 426 g/mol. The molecule has 0 saturated carbocycles. The molecular formula is C19H26BrN5O3. The molecule has 2 amide bonds. The zero-order chi connectivity index (χ0) is 20.5. The van der Waals surface area contributed by atoms with Crippen LogP contribution in [0, 0.1) is 6.92 Å². The van der Waals surface area contributed by atoms with Gasteiger partial charge in [0.25, 0.3) is 0 Å². The first-order valence-electron chi connectivity index (χ1n) is 8.91. The molecule has 0 aliphatic carbocycles. The molecule has 0 spiro atoms. The topological polar surface area (TPSA) is 88.6 Å². The summed E-state index contributed by atoms with van der Waals surface area (Å²) in [5.74, 6) is 0.914. The van der Waals surface area contributed by atoms with Crippen LogP contribution in [0.4, 0.5) is 16.3 Å². The number of methoxy groups -OCH3 is 1. The Hall–Kier alpha value is -2.23. The minimum Gasteiger partial charge on any atom is -0.489 e. The van der Waals surface area contributed by atoms with E-state index in [0.717, 1.165) is 23.3 Å². The number of rotatable bonds is 9. The van der Waals surface area contributed by atoms with Crippen LogP contribution in [0.25, 0.3) is 0 Å². The van der Waals surface area contributed by atoms with E-state index in [9.17, 15) is 4.79 Å². The molecule has 152 valence electrons. The molecule has 1 aromatic carbocycles. The summed E-state index contributed by atoms with van der Waals surface area (Å²) in [6.07, 6.45) is 3.00. The van der Waals surface area contributed by atoms with E-state index in [1.807, 2.05) is 20.0 Å². The van der Waals surface area contributed by atoms with Gasteiger partial charge in [-0.05, 0) is 38.7 Å². The Morgan fingerprint density at radius 3 is 2.71 bits per heavy atom. The second kappa shape index (κ2) is 10.9. The normalized spacial score (nSPS) is 11.9. The fraction of sp³-hybridized carbons (Fsp3) is 0.421. The van der Waals surface area contributed by atoms with Crippen molar-refractivity contribution in [1.29, 1.82) is 0 Å². The number of nitrogens with zero attached hydrogens (tertiary/aromatic N) is 3. The minimum absolute atomic E-state index is 0.0851. The maximum Gasteiger partial charge on any atom is 0.325 e. The van der Waals surface area contributed by atoms with Crippen molar-refractivity contribution in [3.63, 3.8) is 0 Å². The van der Waals surface area contributed by atoms with E-state index in [1.165, 1.54) is 6.20 Å². The van der Waals surface area contributed by atoms with Crippen molar-refractivity contribution >= 4 is 33.5 Å². The van der Waals surface area contributed by atoms with Gasteiger partial charge in [0.2, 0.25) is 0 Å². The van der Waals surface area contributed by atoms with E-state index in [0.29, 0.717) is 23.9 Å². The average molecular weight is 452 g/mol. The molecule has 0 bridgehead atoms. The van der Waals surface area contributed by atoms with Crippen LogP contribution < -0.4 is 15.4 Å². The number of carbonyl (C=O) groups excluding carboxylic acids is 1. The number of hydrogen-bond acceptors (Lipinski definition) is 6. The molecule has 2 rings (SSSR count). The highest BCUT2D eigenvalue weighted by atomic mass is 79.9. The summed E-state index contributed by atoms with van der Waals surface area (Å²) >= 11 is 3.42. The summed E-state index contributed by atoms with van der Waals surface area (Å²) in [7, 11) is 3.69. The van der Waals surface area contributed by atoms with E-state index in [2.05, 4.69) is 48.4 Å². The highest BCUT2D eigenvalue weighted by molar-refractivity contribution is 9.10. The maximum atomic E-state index is 12.3. The highest BCUT2D eigenvalue weighted by Gasteiger charge is 2.14. The molecule has 0 fully saturated rings. The van der Waals surface area contributed by atoms with Crippen molar-refractivity contribution in [2.24, 2.45) is 0 Å². The van der Waals surface area contributed by atoms with Crippen LogP contribution in [0.15, 0.2) is 35.1 Å². The van der Waals surface area contributed by atoms with Crippen molar-refractivity contribution in [2.45, 2.75) is 20.0 Å². The van der Waals surface area contributed by atoms with Crippen molar-refractivity contribution in [2.75, 3.05) is 44.5 Å². The van der Waals surface area contributed by atoms with Crippen LogP contribution in [0.1, 0.15) is 12.6 Å². The van der Waals surface area contributed by atoms with Crippen molar-refractivity contribution < 1.29 is 14.3 Å². The number of amides is 2. The number of hydrogen-bond donors (Lipinski definition) is 2. The molecule has 0 saturated heterocycles.